The Morgan fingerprint density at radius 3 is 3.00 bits per heavy atom. The summed E-state index contributed by atoms with van der Waals surface area (Å²) >= 11 is 0. The van der Waals surface area contributed by atoms with Crippen molar-refractivity contribution in [3.8, 4) is 0 Å². The van der Waals surface area contributed by atoms with E-state index in [2.05, 4.69) is 15.6 Å². The largest absolute Gasteiger partial charge is 0.352 e. The molecule has 0 aliphatic carbocycles. The summed E-state index contributed by atoms with van der Waals surface area (Å²) in [7, 11) is 1.89. The highest BCUT2D eigenvalue weighted by molar-refractivity contribution is 5.76. The summed E-state index contributed by atoms with van der Waals surface area (Å²) in [5, 5.41) is 5.98. The molecule has 0 aliphatic rings. The van der Waals surface area contributed by atoms with Crippen LogP contribution in [0.2, 0.25) is 0 Å². The molecule has 16 heavy (non-hydrogen) atoms. The van der Waals surface area contributed by atoms with E-state index >= 15 is 0 Å². The van der Waals surface area contributed by atoms with Crippen molar-refractivity contribution in [3.05, 3.63) is 18.7 Å². The van der Waals surface area contributed by atoms with E-state index in [0.717, 1.165) is 19.5 Å². The van der Waals surface area contributed by atoms with Gasteiger partial charge in [0.15, 0.2) is 0 Å². The molecule has 0 aromatic carbocycles. The second-order valence-corrected chi connectivity index (χ2v) is 3.94. The Morgan fingerprint density at radius 2 is 2.38 bits per heavy atom. The van der Waals surface area contributed by atoms with E-state index in [0.29, 0.717) is 6.42 Å². The highest BCUT2D eigenvalue weighted by atomic mass is 16.1. The molecule has 0 bridgehead atoms. The molecule has 0 fully saturated rings. The second-order valence-electron chi connectivity index (χ2n) is 3.94. The molecule has 1 rings (SSSR count). The molecular formula is C11H20N4O. The van der Waals surface area contributed by atoms with Crippen LogP contribution in [0.3, 0.4) is 0 Å². The van der Waals surface area contributed by atoms with Crippen LogP contribution in [0.4, 0.5) is 0 Å². The molecule has 1 heterocycles. The molecular weight excluding hydrogens is 204 g/mol. The van der Waals surface area contributed by atoms with Gasteiger partial charge < -0.3 is 15.2 Å². The quantitative estimate of drug-likeness (QED) is 0.659. The molecule has 0 saturated heterocycles. The summed E-state index contributed by atoms with van der Waals surface area (Å²) in [6, 6.07) is 0.135. The standard InChI is InChI=1S/C11H20N4O/c1-10(8-15-7-6-13-9-15)14-11(16)4-3-5-12-2/h6-7,9-10,12H,3-5,8H2,1-2H3,(H,14,16). The van der Waals surface area contributed by atoms with Gasteiger partial charge in [0.25, 0.3) is 0 Å². The number of imidazole rings is 1. The van der Waals surface area contributed by atoms with E-state index in [9.17, 15) is 4.79 Å². The summed E-state index contributed by atoms with van der Waals surface area (Å²) < 4.78 is 1.96. The molecule has 1 aromatic heterocycles. The molecule has 90 valence electrons. The first-order valence-corrected chi connectivity index (χ1v) is 5.62. The Hall–Kier alpha value is -1.36. The van der Waals surface area contributed by atoms with Gasteiger partial charge in [-0.05, 0) is 26.9 Å². The fourth-order valence-electron chi connectivity index (χ4n) is 1.53. The maximum atomic E-state index is 11.5. The topological polar surface area (TPSA) is 59.0 Å². The molecule has 1 atom stereocenters. The highest BCUT2D eigenvalue weighted by Gasteiger charge is 2.06. The lowest BCUT2D eigenvalue weighted by Crippen LogP contribution is -2.35. The molecule has 1 amide bonds. The van der Waals surface area contributed by atoms with Crippen LogP contribution >= 0.6 is 0 Å². The van der Waals surface area contributed by atoms with Crippen LogP contribution in [0.5, 0.6) is 0 Å². The normalized spacial score (nSPS) is 12.4. The zero-order valence-electron chi connectivity index (χ0n) is 9.94. The van der Waals surface area contributed by atoms with Crippen molar-refractivity contribution in [1.82, 2.24) is 20.2 Å². The van der Waals surface area contributed by atoms with E-state index in [-0.39, 0.29) is 11.9 Å². The lowest BCUT2D eigenvalue weighted by molar-refractivity contribution is -0.121. The number of carbonyl (C=O) groups is 1. The van der Waals surface area contributed by atoms with Crippen LogP contribution in [0.1, 0.15) is 19.8 Å². The molecule has 0 radical (unpaired) electrons. The fourth-order valence-corrected chi connectivity index (χ4v) is 1.53. The molecule has 5 heteroatoms. The Balaban J connectivity index is 2.18. The molecule has 1 aromatic rings. The van der Waals surface area contributed by atoms with Gasteiger partial charge in [0, 0.05) is 31.4 Å². The third-order valence-corrected chi connectivity index (χ3v) is 2.28. The minimum atomic E-state index is 0.114. The number of hydrogen-bond acceptors (Lipinski definition) is 3. The van der Waals surface area contributed by atoms with Crippen LogP contribution < -0.4 is 10.6 Å². The zero-order chi connectivity index (χ0) is 11.8. The van der Waals surface area contributed by atoms with Crippen molar-refractivity contribution < 1.29 is 4.79 Å². The number of nitrogens with one attached hydrogen (secondary N) is 2. The molecule has 0 aliphatic heterocycles. The number of aromatic nitrogens is 2. The highest BCUT2D eigenvalue weighted by Crippen LogP contribution is 1.94. The van der Waals surface area contributed by atoms with Crippen LogP contribution in [-0.2, 0) is 11.3 Å². The first kappa shape index (κ1) is 12.7. The Bertz CT molecular complexity index is 297. The molecule has 2 N–H and O–H groups in total. The minimum absolute atomic E-state index is 0.114. The third kappa shape index (κ3) is 4.93. The average molecular weight is 224 g/mol. The van der Waals surface area contributed by atoms with Crippen LogP contribution in [0.25, 0.3) is 0 Å². The number of carbonyl (C=O) groups excluding carboxylic acids is 1. The first-order valence-electron chi connectivity index (χ1n) is 5.62. The summed E-state index contributed by atoms with van der Waals surface area (Å²) in [6.45, 7) is 3.64. The molecule has 0 saturated carbocycles. The number of hydrogen-bond donors (Lipinski definition) is 2. The Labute approximate surface area is 96.3 Å². The van der Waals surface area contributed by atoms with Gasteiger partial charge in [0.1, 0.15) is 0 Å². The van der Waals surface area contributed by atoms with Gasteiger partial charge in [-0.15, -0.1) is 0 Å². The van der Waals surface area contributed by atoms with Crippen molar-refractivity contribution in [2.45, 2.75) is 32.4 Å². The average Bonchev–Trinajstić information content (AvgIpc) is 2.70. The summed E-state index contributed by atoms with van der Waals surface area (Å²) in [6.07, 6.45) is 6.84. The Morgan fingerprint density at radius 1 is 1.56 bits per heavy atom. The van der Waals surface area contributed by atoms with Crippen molar-refractivity contribution in [3.63, 3.8) is 0 Å². The first-order chi connectivity index (χ1) is 7.72. The summed E-state index contributed by atoms with van der Waals surface area (Å²) in [4.78, 5) is 15.5. The van der Waals surface area contributed by atoms with E-state index in [1.54, 1.807) is 12.5 Å². The maximum Gasteiger partial charge on any atom is 0.220 e. The van der Waals surface area contributed by atoms with Gasteiger partial charge in [-0.3, -0.25) is 4.79 Å². The van der Waals surface area contributed by atoms with Crippen molar-refractivity contribution in [2.75, 3.05) is 13.6 Å². The molecule has 1 unspecified atom stereocenters. The summed E-state index contributed by atoms with van der Waals surface area (Å²) in [5.74, 6) is 0.114. The lowest BCUT2D eigenvalue weighted by atomic mass is 10.2. The van der Waals surface area contributed by atoms with Crippen molar-refractivity contribution >= 4 is 5.91 Å². The van der Waals surface area contributed by atoms with E-state index in [4.69, 9.17) is 0 Å². The van der Waals surface area contributed by atoms with Gasteiger partial charge in [-0.1, -0.05) is 0 Å². The zero-order valence-corrected chi connectivity index (χ0v) is 9.94. The number of rotatable bonds is 7. The van der Waals surface area contributed by atoms with Crippen LogP contribution in [0, 0.1) is 0 Å². The maximum absolute atomic E-state index is 11.5. The van der Waals surface area contributed by atoms with Gasteiger partial charge >= 0.3 is 0 Å². The van der Waals surface area contributed by atoms with Gasteiger partial charge in [0.05, 0.1) is 6.33 Å². The van der Waals surface area contributed by atoms with Gasteiger partial charge in [-0.25, -0.2) is 4.98 Å². The lowest BCUT2D eigenvalue weighted by Gasteiger charge is -2.14. The summed E-state index contributed by atoms with van der Waals surface area (Å²) in [5.41, 5.74) is 0. The van der Waals surface area contributed by atoms with E-state index < -0.39 is 0 Å². The van der Waals surface area contributed by atoms with E-state index in [1.807, 2.05) is 24.7 Å². The molecule has 5 nitrogen and oxygen atoms in total. The molecule has 0 spiro atoms. The van der Waals surface area contributed by atoms with E-state index in [1.165, 1.54) is 0 Å². The monoisotopic (exact) mass is 224 g/mol. The smallest absolute Gasteiger partial charge is 0.220 e. The fraction of sp³-hybridized carbons (Fsp3) is 0.636. The third-order valence-electron chi connectivity index (χ3n) is 2.28. The van der Waals surface area contributed by atoms with Crippen LogP contribution in [-0.4, -0.2) is 35.1 Å². The van der Waals surface area contributed by atoms with Gasteiger partial charge in [-0.2, -0.15) is 0 Å². The van der Waals surface area contributed by atoms with Crippen molar-refractivity contribution in [1.29, 1.82) is 0 Å². The van der Waals surface area contributed by atoms with Crippen molar-refractivity contribution in [2.24, 2.45) is 0 Å². The minimum Gasteiger partial charge on any atom is -0.352 e. The predicted molar refractivity (Wildman–Crippen MR) is 63.0 cm³/mol. The van der Waals surface area contributed by atoms with Crippen LogP contribution in [0.15, 0.2) is 18.7 Å². The van der Waals surface area contributed by atoms with Gasteiger partial charge in [0.2, 0.25) is 5.91 Å². The number of nitrogens with zero attached hydrogens (tertiary/aromatic N) is 2. The number of amides is 1. The SMILES string of the molecule is CNCCCC(=O)NC(C)Cn1ccnc1. The Kier molecular flexibility index (Phi) is 5.56. The predicted octanol–water partition coefficient (Wildman–Crippen LogP) is 0.387. The second kappa shape index (κ2) is 7.00.